The number of hydrogen-bond acceptors (Lipinski definition) is 6. The molecule has 1 aliphatic rings. The zero-order valence-electron chi connectivity index (χ0n) is 14.7. The van der Waals surface area contributed by atoms with Gasteiger partial charge in [-0.15, -0.1) is 0 Å². The van der Waals surface area contributed by atoms with Gasteiger partial charge in [0.2, 0.25) is 5.91 Å². The first-order valence-corrected chi connectivity index (χ1v) is 9.61. The highest BCUT2D eigenvalue weighted by Crippen LogP contribution is 2.36. The highest BCUT2D eigenvalue weighted by Gasteiger charge is 2.33. The molecule has 8 heteroatoms. The van der Waals surface area contributed by atoms with Crippen LogP contribution in [0.5, 0.6) is 0 Å². The molecule has 6 nitrogen and oxygen atoms in total. The van der Waals surface area contributed by atoms with Crippen molar-refractivity contribution in [2.24, 2.45) is 0 Å². The lowest BCUT2D eigenvalue weighted by atomic mass is 10.2. The second-order valence-electron chi connectivity index (χ2n) is 6.03. The van der Waals surface area contributed by atoms with Crippen LogP contribution in [0, 0.1) is 0 Å². The first kappa shape index (κ1) is 18.3. The van der Waals surface area contributed by atoms with Gasteiger partial charge in [-0.3, -0.25) is 19.5 Å². The van der Waals surface area contributed by atoms with E-state index in [1.54, 1.807) is 36.5 Å². The predicted molar refractivity (Wildman–Crippen MR) is 116 cm³/mol. The zero-order valence-corrected chi connectivity index (χ0v) is 16.4. The molecule has 28 heavy (non-hydrogen) atoms. The van der Waals surface area contributed by atoms with Crippen LogP contribution in [0.3, 0.4) is 0 Å². The number of carbonyl (C=O) groups is 2. The molecular weight excluding hydrogens is 392 g/mol. The Balaban J connectivity index is 1.61. The molecule has 3 aromatic rings. The van der Waals surface area contributed by atoms with Crippen molar-refractivity contribution in [2.45, 2.75) is 6.92 Å². The number of carbonyl (C=O) groups excluding carboxylic acids is 2. The largest absolute Gasteiger partial charge is 0.326 e. The van der Waals surface area contributed by atoms with Crippen LogP contribution in [0.15, 0.2) is 59.6 Å². The summed E-state index contributed by atoms with van der Waals surface area (Å²) in [6, 6.07) is 14.5. The normalized spacial score (nSPS) is 15.5. The summed E-state index contributed by atoms with van der Waals surface area (Å²) in [4.78, 5) is 34.9. The van der Waals surface area contributed by atoms with Crippen molar-refractivity contribution in [3.63, 3.8) is 0 Å². The molecule has 0 saturated carbocycles. The lowest BCUT2D eigenvalue weighted by Crippen LogP contribution is -2.27. The summed E-state index contributed by atoms with van der Waals surface area (Å²) in [6.07, 6.45) is 3.33. The van der Waals surface area contributed by atoms with Crippen molar-refractivity contribution < 1.29 is 9.59 Å². The van der Waals surface area contributed by atoms with Crippen molar-refractivity contribution in [1.29, 1.82) is 0 Å². The predicted octanol–water partition coefficient (Wildman–Crippen LogP) is 3.99. The third kappa shape index (κ3) is 3.64. The second-order valence-corrected chi connectivity index (χ2v) is 7.70. The van der Waals surface area contributed by atoms with Crippen molar-refractivity contribution in [3.8, 4) is 0 Å². The SMILES string of the molecule is CC(=O)Nc1ccc(N2C(=O)/C(=C\c3cnc4ccccc4n3)SC2=S)cc1. The summed E-state index contributed by atoms with van der Waals surface area (Å²) in [6.45, 7) is 1.44. The van der Waals surface area contributed by atoms with Crippen LogP contribution in [0.2, 0.25) is 0 Å². The average Bonchev–Trinajstić information content (AvgIpc) is 2.95. The maximum Gasteiger partial charge on any atom is 0.270 e. The molecule has 0 radical (unpaired) electrons. The Morgan fingerprint density at radius 2 is 1.86 bits per heavy atom. The van der Waals surface area contributed by atoms with E-state index in [2.05, 4.69) is 15.3 Å². The molecule has 138 valence electrons. The molecule has 2 aromatic carbocycles. The highest BCUT2D eigenvalue weighted by atomic mass is 32.2. The molecule has 1 saturated heterocycles. The number of fused-ring (bicyclic) bond motifs is 1. The molecule has 4 rings (SSSR count). The summed E-state index contributed by atoms with van der Waals surface area (Å²) < 4.78 is 0.442. The number of thiocarbonyl (C=S) groups is 1. The van der Waals surface area contributed by atoms with E-state index in [1.807, 2.05) is 24.3 Å². The van der Waals surface area contributed by atoms with Gasteiger partial charge in [0.05, 0.1) is 33.5 Å². The summed E-state index contributed by atoms with van der Waals surface area (Å²) in [7, 11) is 0. The lowest BCUT2D eigenvalue weighted by molar-refractivity contribution is -0.114. The fourth-order valence-electron chi connectivity index (χ4n) is 2.76. The second kappa shape index (κ2) is 7.49. The Bertz CT molecular complexity index is 1140. The number of anilines is 2. The summed E-state index contributed by atoms with van der Waals surface area (Å²) in [5.41, 5.74) is 3.46. The Kier molecular flexibility index (Phi) is 4.89. The van der Waals surface area contributed by atoms with Gasteiger partial charge in [-0.05, 0) is 42.5 Å². The molecule has 2 amide bonds. The van der Waals surface area contributed by atoms with E-state index in [9.17, 15) is 9.59 Å². The number of aromatic nitrogens is 2. The van der Waals surface area contributed by atoms with Crippen molar-refractivity contribution in [3.05, 3.63) is 65.3 Å². The quantitative estimate of drug-likeness (QED) is 0.524. The molecule has 0 spiro atoms. The minimum atomic E-state index is -0.211. The van der Waals surface area contributed by atoms with Crippen LogP contribution >= 0.6 is 24.0 Å². The minimum Gasteiger partial charge on any atom is -0.326 e. The van der Waals surface area contributed by atoms with Gasteiger partial charge in [0.1, 0.15) is 0 Å². The van der Waals surface area contributed by atoms with Gasteiger partial charge in [-0.2, -0.15) is 0 Å². The topological polar surface area (TPSA) is 75.2 Å². The number of hydrogen-bond donors (Lipinski definition) is 1. The first-order valence-electron chi connectivity index (χ1n) is 8.39. The Hall–Kier alpha value is -3.10. The van der Waals surface area contributed by atoms with Crippen molar-refractivity contribution in [1.82, 2.24) is 9.97 Å². The summed E-state index contributed by atoms with van der Waals surface area (Å²) >= 11 is 6.62. The van der Waals surface area contributed by atoms with E-state index < -0.39 is 0 Å². The van der Waals surface area contributed by atoms with E-state index in [1.165, 1.54) is 23.6 Å². The van der Waals surface area contributed by atoms with Crippen LogP contribution < -0.4 is 10.2 Å². The van der Waals surface area contributed by atoms with Gasteiger partial charge in [-0.25, -0.2) is 4.98 Å². The molecular formula is C20H14N4O2S2. The molecule has 1 aromatic heterocycles. The fourth-order valence-corrected chi connectivity index (χ4v) is 4.05. The van der Waals surface area contributed by atoms with E-state index in [4.69, 9.17) is 12.2 Å². The number of rotatable bonds is 3. The first-order chi connectivity index (χ1) is 13.5. The summed E-state index contributed by atoms with van der Waals surface area (Å²) in [5, 5.41) is 2.69. The number of para-hydroxylation sites is 2. The third-order valence-electron chi connectivity index (χ3n) is 3.99. The van der Waals surface area contributed by atoms with Crippen LogP contribution in [-0.2, 0) is 9.59 Å². The molecule has 0 bridgehead atoms. The highest BCUT2D eigenvalue weighted by molar-refractivity contribution is 8.27. The van der Waals surface area contributed by atoms with E-state index >= 15 is 0 Å². The Labute approximate surface area is 170 Å². The Morgan fingerprint density at radius 3 is 2.57 bits per heavy atom. The van der Waals surface area contributed by atoms with Gasteiger partial charge in [0, 0.05) is 12.6 Å². The van der Waals surface area contributed by atoms with Crippen molar-refractivity contribution >= 4 is 68.6 Å². The molecule has 1 N–H and O–H groups in total. The van der Waals surface area contributed by atoms with E-state index in [0.717, 1.165) is 11.0 Å². The van der Waals surface area contributed by atoms with Gasteiger partial charge in [0.25, 0.3) is 5.91 Å². The van der Waals surface area contributed by atoms with Gasteiger partial charge >= 0.3 is 0 Å². The number of benzene rings is 2. The van der Waals surface area contributed by atoms with Crippen LogP contribution in [-0.4, -0.2) is 26.1 Å². The number of amides is 2. The maximum atomic E-state index is 12.9. The number of nitrogens with one attached hydrogen (secondary N) is 1. The van der Waals surface area contributed by atoms with Gasteiger partial charge in [0.15, 0.2) is 4.32 Å². The molecule has 1 fully saturated rings. The minimum absolute atomic E-state index is 0.155. The molecule has 0 unspecified atom stereocenters. The molecule has 0 aliphatic carbocycles. The molecule has 1 aliphatic heterocycles. The van der Waals surface area contributed by atoms with E-state index in [-0.39, 0.29) is 11.8 Å². The van der Waals surface area contributed by atoms with Crippen LogP contribution in [0.1, 0.15) is 12.6 Å². The monoisotopic (exact) mass is 406 g/mol. The Morgan fingerprint density at radius 1 is 1.14 bits per heavy atom. The zero-order chi connectivity index (χ0) is 19.7. The standard InChI is InChI=1S/C20H14N4O2S2/c1-12(25)22-13-6-8-15(9-7-13)24-19(26)18(28-20(24)27)10-14-11-21-16-4-2-3-5-17(16)23-14/h2-11H,1H3,(H,22,25)/b18-10+. The van der Waals surface area contributed by atoms with E-state index in [0.29, 0.717) is 26.3 Å². The number of thioether (sulfide) groups is 1. The smallest absolute Gasteiger partial charge is 0.270 e. The van der Waals surface area contributed by atoms with Crippen molar-refractivity contribution in [2.75, 3.05) is 10.2 Å². The maximum absolute atomic E-state index is 12.9. The fraction of sp³-hybridized carbons (Fsp3) is 0.0500. The summed E-state index contributed by atoms with van der Waals surface area (Å²) in [5.74, 6) is -0.366. The van der Waals surface area contributed by atoms with Crippen LogP contribution in [0.25, 0.3) is 17.1 Å². The molecule has 2 heterocycles. The number of nitrogens with zero attached hydrogens (tertiary/aromatic N) is 3. The molecule has 0 atom stereocenters. The van der Waals surface area contributed by atoms with Gasteiger partial charge in [-0.1, -0.05) is 36.1 Å². The van der Waals surface area contributed by atoms with Gasteiger partial charge < -0.3 is 5.32 Å². The average molecular weight is 406 g/mol. The van der Waals surface area contributed by atoms with Crippen LogP contribution in [0.4, 0.5) is 11.4 Å². The lowest BCUT2D eigenvalue weighted by Gasteiger charge is -2.15. The third-order valence-corrected chi connectivity index (χ3v) is 5.29.